The summed E-state index contributed by atoms with van der Waals surface area (Å²) in [5.41, 5.74) is 1.78. The SMILES string of the molecule is OC(Cc1cncs1)c1sccc1Br. The molecule has 2 aromatic rings. The van der Waals surface area contributed by atoms with Crippen LogP contribution >= 0.6 is 38.6 Å². The Morgan fingerprint density at radius 3 is 2.93 bits per heavy atom. The van der Waals surface area contributed by atoms with Crippen LogP contribution in [0.2, 0.25) is 0 Å². The Kier molecular flexibility index (Phi) is 3.33. The second-order valence-electron chi connectivity index (χ2n) is 2.82. The first kappa shape index (κ1) is 10.3. The molecule has 14 heavy (non-hydrogen) atoms. The Morgan fingerprint density at radius 2 is 2.36 bits per heavy atom. The van der Waals surface area contributed by atoms with E-state index in [9.17, 15) is 5.11 Å². The lowest BCUT2D eigenvalue weighted by molar-refractivity contribution is 0.182. The van der Waals surface area contributed by atoms with Crippen molar-refractivity contribution in [2.24, 2.45) is 0 Å². The minimum Gasteiger partial charge on any atom is -0.387 e. The molecule has 0 bridgehead atoms. The minimum absolute atomic E-state index is 0.426. The van der Waals surface area contributed by atoms with Gasteiger partial charge in [-0.05, 0) is 27.4 Å². The van der Waals surface area contributed by atoms with E-state index in [2.05, 4.69) is 20.9 Å². The highest BCUT2D eigenvalue weighted by Crippen LogP contribution is 2.31. The highest BCUT2D eigenvalue weighted by atomic mass is 79.9. The minimum atomic E-state index is -0.426. The maximum absolute atomic E-state index is 9.92. The summed E-state index contributed by atoms with van der Waals surface area (Å²) >= 11 is 6.55. The number of thiophene rings is 1. The first-order valence-corrected chi connectivity index (χ1v) is 6.61. The third kappa shape index (κ3) is 2.23. The van der Waals surface area contributed by atoms with E-state index in [1.807, 2.05) is 11.4 Å². The lowest BCUT2D eigenvalue weighted by atomic mass is 10.2. The van der Waals surface area contributed by atoms with Gasteiger partial charge in [0.1, 0.15) is 0 Å². The molecule has 0 saturated carbocycles. The molecule has 0 spiro atoms. The predicted molar refractivity (Wildman–Crippen MR) is 62.8 cm³/mol. The number of rotatable bonds is 3. The second-order valence-corrected chi connectivity index (χ2v) is 5.59. The second kappa shape index (κ2) is 4.53. The van der Waals surface area contributed by atoms with Crippen molar-refractivity contribution in [3.8, 4) is 0 Å². The van der Waals surface area contributed by atoms with Gasteiger partial charge < -0.3 is 5.11 Å². The van der Waals surface area contributed by atoms with Gasteiger partial charge in [0, 0.05) is 26.8 Å². The first-order valence-electron chi connectivity index (χ1n) is 4.05. The Morgan fingerprint density at radius 1 is 1.50 bits per heavy atom. The Labute approximate surface area is 98.4 Å². The van der Waals surface area contributed by atoms with Crippen LogP contribution in [0.5, 0.6) is 0 Å². The number of aromatic nitrogens is 1. The van der Waals surface area contributed by atoms with Crippen molar-refractivity contribution in [1.82, 2.24) is 4.98 Å². The molecule has 74 valence electrons. The topological polar surface area (TPSA) is 33.1 Å². The molecule has 0 saturated heterocycles. The van der Waals surface area contributed by atoms with Crippen LogP contribution in [-0.4, -0.2) is 10.1 Å². The maximum atomic E-state index is 9.92. The van der Waals surface area contributed by atoms with E-state index < -0.39 is 6.10 Å². The van der Waals surface area contributed by atoms with Crippen molar-refractivity contribution in [2.75, 3.05) is 0 Å². The average molecular weight is 290 g/mol. The van der Waals surface area contributed by atoms with Crippen molar-refractivity contribution in [3.05, 3.63) is 37.4 Å². The number of thiazole rings is 1. The molecule has 1 unspecified atom stereocenters. The number of aliphatic hydroxyl groups is 1. The molecular weight excluding hydrogens is 282 g/mol. The number of halogens is 1. The maximum Gasteiger partial charge on any atom is 0.0941 e. The molecule has 0 aromatic carbocycles. The summed E-state index contributed by atoms with van der Waals surface area (Å²) in [5.74, 6) is 0. The van der Waals surface area contributed by atoms with E-state index >= 15 is 0 Å². The molecular formula is C9H8BrNOS2. The third-order valence-electron chi connectivity index (χ3n) is 1.83. The predicted octanol–water partition coefficient (Wildman–Crippen LogP) is 3.24. The van der Waals surface area contributed by atoms with Gasteiger partial charge in [-0.2, -0.15) is 0 Å². The molecule has 0 aliphatic carbocycles. The third-order valence-corrected chi connectivity index (χ3v) is 4.60. The van der Waals surface area contributed by atoms with E-state index in [0.717, 1.165) is 14.2 Å². The van der Waals surface area contributed by atoms with Gasteiger partial charge in [0.15, 0.2) is 0 Å². The quantitative estimate of drug-likeness (QED) is 0.941. The fraction of sp³-hybridized carbons (Fsp3) is 0.222. The van der Waals surface area contributed by atoms with Gasteiger partial charge >= 0.3 is 0 Å². The fourth-order valence-corrected chi connectivity index (χ4v) is 3.43. The molecule has 1 atom stereocenters. The molecule has 0 amide bonds. The molecule has 2 heterocycles. The van der Waals surface area contributed by atoms with Crippen LogP contribution < -0.4 is 0 Å². The van der Waals surface area contributed by atoms with Crippen molar-refractivity contribution in [3.63, 3.8) is 0 Å². The van der Waals surface area contributed by atoms with Gasteiger partial charge in [-0.3, -0.25) is 4.98 Å². The molecule has 0 aliphatic rings. The molecule has 0 aliphatic heterocycles. The molecule has 5 heteroatoms. The molecule has 1 N–H and O–H groups in total. The summed E-state index contributed by atoms with van der Waals surface area (Å²) in [5, 5.41) is 11.9. The number of hydrogen-bond donors (Lipinski definition) is 1. The lowest BCUT2D eigenvalue weighted by Gasteiger charge is -2.06. The van der Waals surface area contributed by atoms with Crippen LogP contribution in [0.1, 0.15) is 15.9 Å². The van der Waals surface area contributed by atoms with E-state index in [0.29, 0.717) is 6.42 Å². The molecule has 0 fully saturated rings. The lowest BCUT2D eigenvalue weighted by Crippen LogP contribution is -1.98. The zero-order chi connectivity index (χ0) is 9.97. The van der Waals surface area contributed by atoms with Gasteiger partial charge in [-0.1, -0.05) is 0 Å². The van der Waals surface area contributed by atoms with Gasteiger partial charge in [-0.25, -0.2) is 0 Å². The van der Waals surface area contributed by atoms with Crippen molar-refractivity contribution < 1.29 is 5.11 Å². The normalized spacial score (nSPS) is 13.0. The highest BCUT2D eigenvalue weighted by molar-refractivity contribution is 9.10. The van der Waals surface area contributed by atoms with Crippen LogP contribution in [-0.2, 0) is 6.42 Å². The Hall–Kier alpha value is -0.230. The summed E-state index contributed by atoms with van der Waals surface area (Å²) in [6.45, 7) is 0. The largest absolute Gasteiger partial charge is 0.387 e. The van der Waals surface area contributed by atoms with Crippen LogP contribution in [0, 0.1) is 0 Å². The summed E-state index contributed by atoms with van der Waals surface area (Å²) in [7, 11) is 0. The number of aliphatic hydroxyl groups excluding tert-OH is 1. The van der Waals surface area contributed by atoms with Gasteiger partial charge in [0.25, 0.3) is 0 Å². The summed E-state index contributed by atoms with van der Waals surface area (Å²) in [4.78, 5) is 6.07. The zero-order valence-corrected chi connectivity index (χ0v) is 10.4. The van der Waals surface area contributed by atoms with Crippen LogP contribution in [0.3, 0.4) is 0 Å². The highest BCUT2D eigenvalue weighted by Gasteiger charge is 2.13. The smallest absolute Gasteiger partial charge is 0.0941 e. The monoisotopic (exact) mass is 289 g/mol. The summed E-state index contributed by atoms with van der Waals surface area (Å²) in [6.07, 6.45) is 2.02. The Bertz CT molecular complexity index is 399. The van der Waals surface area contributed by atoms with Crippen LogP contribution in [0.25, 0.3) is 0 Å². The first-order chi connectivity index (χ1) is 6.77. The van der Waals surface area contributed by atoms with E-state index in [1.165, 1.54) is 0 Å². The molecule has 0 radical (unpaired) electrons. The van der Waals surface area contributed by atoms with E-state index in [-0.39, 0.29) is 0 Å². The van der Waals surface area contributed by atoms with Gasteiger partial charge in [0.05, 0.1) is 11.6 Å². The van der Waals surface area contributed by atoms with Crippen molar-refractivity contribution >= 4 is 38.6 Å². The molecule has 2 aromatic heterocycles. The average Bonchev–Trinajstić information content (AvgIpc) is 2.75. The van der Waals surface area contributed by atoms with Crippen molar-refractivity contribution in [2.45, 2.75) is 12.5 Å². The van der Waals surface area contributed by atoms with E-state index in [1.54, 1.807) is 34.4 Å². The zero-order valence-electron chi connectivity index (χ0n) is 7.18. The van der Waals surface area contributed by atoms with Crippen LogP contribution in [0.4, 0.5) is 0 Å². The van der Waals surface area contributed by atoms with Crippen LogP contribution in [0.15, 0.2) is 27.6 Å². The summed E-state index contributed by atoms with van der Waals surface area (Å²) in [6, 6.07) is 1.95. The molecule has 2 rings (SSSR count). The molecule has 2 nitrogen and oxygen atoms in total. The van der Waals surface area contributed by atoms with Crippen molar-refractivity contribution in [1.29, 1.82) is 0 Å². The standard InChI is InChI=1S/C9H8BrNOS2/c10-7-1-2-13-9(7)8(12)3-6-4-11-5-14-6/h1-2,4-5,8,12H,3H2. The van der Waals surface area contributed by atoms with E-state index in [4.69, 9.17) is 0 Å². The number of hydrogen-bond acceptors (Lipinski definition) is 4. The fourth-order valence-electron chi connectivity index (χ4n) is 1.17. The Balaban J connectivity index is 2.10. The van der Waals surface area contributed by atoms with Gasteiger partial charge in [-0.15, -0.1) is 22.7 Å². The van der Waals surface area contributed by atoms with Gasteiger partial charge in [0.2, 0.25) is 0 Å². The summed E-state index contributed by atoms with van der Waals surface area (Å²) < 4.78 is 0.986. The number of nitrogens with zero attached hydrogens (tertiary/aromatic N) is 1.